The lowest BCUT2D eigenvalue weighted by atomic mass is 10.1. The molecular weight excluding hydrogens is 363 g/mol. The molecule has 0 fully saturated rings. The Morgan fingerprint density at radius 1 is 1.19 bits per heavy atom. The van der Waals surface area contributed by atoms with Crippen molar-refractivity contribution in [2.24, 2.45) is 0 Å². The Morgan fingerprint density at radius 2 is 1.90 bits per heavy atom. The monoisotopic (exact) mass is 372 g/mol. The Bertz CT molecular complexity index is 802. The second kappa shape index (κ2) is 5.95. The van der Waals surface area contributed by atoms with E-state index in [1.807, 2.05) is 0 Å². The Labute approximate surface area is 129 Å². The van der Waals surface area contributed by atoms with Crippen molar-refractivity contribution in [2.75, 3.05) is 0 Å². The van der Waals surface area contributed by atoms with Crippen molar-refractivity contribution in [1.29, 1.82) is 0 Å². The van der Waals surface area contributed by atoms with Gasteiger partial charge in [-0.1, -0.05) is 28.1 Å². The molecular formula is C14H10BrFO4S. The van der Waals surface area contributed by atoms with Crippen LogP contribution in [0.2, 0.25) is 0 Å². The van der Waals surface area contributed by atoms with Crippen molar-refractivity contribution >= 4 is 31.7 Å². The molecule has 0 heterocycles. The highest BCUT2D eigenvalue weighted by Gasteiger charge is 2.18. The third-order valence-electron chi connectivity index (χ3n) is 2.78. The second-order valence-electron chi connectivity index (χ2n) is 4.34. The van der Waals surface area contributed by atoms with Crippen LogP contribution in [0.4, 0.5) is 4.39 Å². The first kappa shape index (κ1) is 15.7. The summed E-state index contributed by atoms with van der Waals surface area (Å²) in [4.78, 5) is 10.8. The predicted octanol–water partition coefficient (Wildman–Crippen LogP) is 3.26. The topological polar surface area (TPSA) is 71.4 Å². The van der Waals surface area contributed by atoms with E-state index in [1.165, 1.54) is 18.2 Å². The molecule has 2 aromatic rings. The van der Waals surface area contributed by atoms with E-state index in [4.69, 9.17) is 5.11 Å². The summed E-state index contributed by atoms with van der Waals surface area (Å²) in [6, 6.07) is 9.47. The molecule has 0 unspecified atom stereocenters. The fourth-order valence-corrected chi connectivity index (χ4v) is 3.71. The van der Waals surface area contributed by atoms with Crippen LogP contribution in [0.15, 0.2) is 51.8 Å². The average Bonchev–Trinajstić information content (AvgIpc) is 2.37. The molecule has 0 saturated carbocycles. The Balaban J connectivity index is 2.33. The lowest BCUT2D eigenvalue weighted by Gasteiger charge is -2.06. The first-order valence-corrected chi connectivity index (χ1v) is 8.24. The van der Waals surface area contributed by atoms with Crippen LogP contribution in [0.5, 0.6) is 0 Å². The molecule has 0 aliphatic heterocycles. The number of carboxylic acids is 1. The summed E-state index contributed by atoms with van der Waals surface area (Å²) >= 11 is 3.19. The van der Waals surface area contributed by atoms with Gasteiger partial charge in [0, 0.05) is 4.47 Å². The van der Waals surface area contributed by atoms with E-state index >= 15 is 0 Å². The van der Waals surface area contributed by atoms with Crippen LogP contribution >= 0.6 is 15.9 Å². The van der Waals surface area contributed by atoms with Gasteiger partial charge in [0.1, 0.15) is 5.82 Å². The quantitative estimate of drug-likeness (QED) is 0.893. The number of carbonyl (C=O) groups is 1. The van der Waals surface area contributed by atoms with E-state index in [2.05, 4.69) is 15.9 Å². The zero-order valence-electron chi connectivity index (χ0n) is 10.6. The predicted molar refractivity (Wildman–Crippen MR) is 78.4 cm³/mol. The summed E-state index contributed by atoms with van der Waals surface area (Å²) < 4.78 is 38.6. The van der Waals surface area contributed by atoms with Crippen molar-refractivity contribution in [1.82, 2.24) is 0 Å². The SMILES string of the molecule is O=C(O)c1ccc(CS(=O)(=O)c2cccc(Br)c2)cc1F. The summed E-state index contributed by atoms with van der Waals surface area (Å²) in [6.45, 7) is 0. The van der Waals surface area contributed by atoms with Gasteiger partial charge < -0.3 is 5.11 Å². The molecule has 2 rings (SSSR count). The molecule has 110 valence electrons. The zero-order chi connectivity index (χ0) is 15.6. The second-order valence-corrected chi connectivity index (χ2v) is 7.24. The van der Waals surface area contributed by atoms with Crippen LogP contribution in [0.1, 0.15) is 15.9 Å². The Morgan fingerprint density at radius 3 is 2.48 bits per heavy atom. The molecule has 0 amide bonds. The number of hydrogen-bond acceptors (Lipinski definition) is 3. The molecule has 0 radical (unpaired) electrons. The van der Waals surface area contributed by atoms with Gasteiger partial charge in [-0.15, -0.1) is 0 Å². The molecule has 0 bridgehead atoms. The number of rotatable bonds is 4. The molecule has 21 heavy (non-hydrogen) atoms. The lowest BCUT2D eigenvalue weighted by Crippen LogP contribution is -2.07. The van der Waals surface area contributed by atoms with Gasteiger partial charge in [-0.05, 0) is 35.9 Å². The molecule has 0 saturated heterocycles. The van der Waals surface area contributed by atoms with Crippen molar-refractivity contribution in [3.8, 4) is 0 Å². The number of carboxylic acid groups (broad SMARTS) is 1. The normalized spacial score (nSPS) is 11.3. The minimum atomic E-state index is -3.63. The molecule has 0 aliphatic rings. The van der Waals surface area contributed by atoms with Gasteiger partial charge in [0.15, 0.2) is 9.84 Å². The average molecular weight is 373 g/mol. The van der Waals surface area contributed by atoms with Crippen LogP contribution in [-0.4, -0.2) is 19.5 Å². The molecule has 4 nitrogen and oxygen atoms in total. The molecule has 2 aromatic carbocycles. The van der Waals surface area contributed by atoms with E-state index in [1.54, 1.807) is 12.1 Å². The van der Waals surface area contributed by atoms with Gasteiger partial charge in [0.2, 0.25) is 0 Å². The van der Waals surface area contributed by atoms with Gasteiger partial charge in [0.25, 0.3) is 0 Å². The molecule has 0 aromatic heterocycles. The maximum absolute atomic E-state index is 13.6. The Hall–Kier alpha value is -1.73. The van der Waals surface area contributed by atoms with Crippen molar-refractivity contribution in [2.45, 2.75) is 10.6 Å². The number of halogens is 2. The minimum Gasteiger partial charge on any atom is -0.478 e. The Kier molecular flexibility index (Phi) is 4.43. The van der Waals surface area contributed by atoms with Crippen LogP contribution in [-0.2, 0) is 15.6 Å². The summed E-state index contributed by atoms with van der Waals surface area (Å²) in [5.41, 5.74) is -0.295. The van der Waals surface area contributed by atoms with Crippen LogP contribution in [0.25, 0.3) is 0 Å². The molecule has 0 atom stereocenters. The van der Waals surface area contributed by atoms with Gasteiger partial charge >= 0.3 is 5.97 Å². The number of benzene rings is 2. The molecule has 1 N–H and O–H groups in total. The van der Waals surface area contributed by atoms with Gasteiger partial charge in [-0.3, -0.25) is 0 Å². The smallest absolute Gasteiger partial charge is 0.338 e. The highest BCUT2D eigenvalue weighted by Crippen LogP contribution is 2.21. The number of hydrogen-bond donors (Lipinski definition) is 1. The first-order valence-electron chi connectivity index (χ1n) is 5.79. The van der Waals surface area contributed by atoms with Crippen molar-refractivity contribution in [3.05, 3.63) is 63.9 Å². The minimum absolute atomic E-state index is 0.111. The van der Waals surface area contributed by atoms with Crippen LogP contribution in [0.3, 0.4) is 0 Å². The first-order chi connectivity index (χ1) is 9.79. The summed E-state index contributed by atoms with van der Waals surface area (Å²) in [7, 11) is -3.63. The molecule has 0 spiro atoms. The third kappa shape index (κ3) is 3.68. The molecule has 7 heteroatoms. The zero-order valence-corrected chi connectivity index (χ0v) is 13.0. The van der Waals surface area contributed by atoms with Gasteiger partial charge in [0.05, 0.1) is 16.2 Å². The summed E-state index contributed by atoms with van der Waals surface area (Å²) in [6.07, 6.45) is 0. The van der Waals surface area contributed by atoms with E-state index < -0.39 is 32.9 Å². The highest BCUT2D eigenvalue weighted by molar-refractivity contribution is 9.10. The molecule has 0 aliphatic carbocycles. The van der Waals surface area contributed by atoms with Crippen molar-refractivity contribution < 1.29 is 22.7 Å². The standard InChI is InChI=1S/C14H10BrFO4S/c15-10-2-1-3-11(7-10)21(19,20)8-9-4-5-12(14(17)18)13(16)6-9/h1-7H,8H2,(H,17,18). The van der Waals surface area contributed by atoms with E-state index in [9.17, 15) is 17.6 Å². The maximum Gasteiger partial charge on any atom is 0.338 e. The maximum atomic E-state index is 13.6. The van der Waals surface area contributed by atoms with Crippen molar-refractivity contribution in [3.63, 3.8) is 0 Å². The van der Waals surface area contributed by atoms with Crippen LogP contribution in [0, 0.1) is 5.82 Å². The fourth-order valence-electron chi connectivity index (χ4n) is 1.79. The van der Waals surface area contributed by atoms with Crippen LogP contribution < -0.4 is 0 Å². The summed E-state index contributed by atoms with van der Waals surface area (Å²) in [5, 5.41) is 8.73. The van der Waals surface area contributed by atoms with E-state index in [-0.39, 0.29) is 10.5 Å². The lowest BCUT2D eigenvalue weighted by molar-refractivity contribution is 0.0692. The fraction of sp³-hybridized carbons (Fsp3) is 0.0714. The van der Waals surface area contributed by atoms with E-state index in [0.29, 0.717) is 4.47 Å². The van der Waals surface area contributed by atoms with Gasteiger partial charge in [-0.2, -0.15) is 0 Å². The number of aromatic carboxylic acids is 1. The largest absolute Gasteiger partial charge is 0.478 e. The third-order valence-corrected chi connectivity index (χ3v) is 4.95. The van der Waals surface area contributed by atoms with Gasteiger partial charge in [-0.25, -0.2) is 17.6 Å². The highest BCUT2D eigenvalue weighted by atomic mass is 79.9. The number of sulfone groups is 1. The summed E-state index contributed by atoms with van der Waals surface area (Å²) in [5.74, 6) is -2.75. The van der Waals surface area contributed by atoms with E-state index in [0.717, 1.165) is 12.1 Å².